The third-order valence-corrected chi connectivity index (χ3v) is 5.51. The number of aromatic nitrogens is 2. The van der Waals surface area contributed by atoms with Gasteiger partial charge in [0.2, 0.25) is 0 Å². The number of carbonyl (C=O) groups is 1. The van der Waals surface area contributed by atoms with Gasteiger partial charge in [-0.2, -0.15) is 0 Å². The lowest BCUT2D eigenvalue weighted by Crippen LogP contribution is -2.26. The number of rotatable bonds is 7. The number of ether oxygens (including phenoxy) is 1. The molecule has 0 N–H and O–H groups in total. The molecule has 5 nitrogen and oxygen atoms in total. The molecule has 146 valence electrons. The van der Waals surface area contributed by atoms with Gasteiger partial charge in [0, 0.05) is 17.7 Å². The van der Waals surface area contributed by atoms with Crippen molar-refractivity contribution in [3.8, 4) is 0 Å². The summed E-state index contributed by atoms with van der Waals surface area (Å²) in [7, 11) is 1.55. The molecule has 1 heterocycles. The minimum Gasteiger partial charge on any atom is -0.383 e. The van der Waals surface area contributed by atoms with E-state index in [0.717, 1.165) is 0 Å². The van der Waals surface area contributed by atoms with E-state index in [1.54, 1.807) is 32.2 Å². The second-order valence-corrected chi connectivity index (χ2v) is 7.88. The maximum absolute atomic E-state index is 13.1. The van der Waals surface area contributed by atoms with Gasteiger partial charge in [0.15, 0.2) is 10.9 Å². The lowest BCUT2D eigenvalue weighted by atomic mass is 10.1. The Morgan fingerprint density at radius 2 is 2.00 bits per heavy atom. The number of Topliss-reactive ketones (excluding diaryl/α,β-unsaturated/α-hetero) is 1. The molecule has 8 heteroatoms. The minimum absolute atomic E-state index is 0.177. The van der Waals surface area contributed by atoms with E-state index in [9.17, 15) is 14.0 Å². The Hall–Kier alpha value is -2.22. The number of fused-ring (bicyclic) bond motifs is 1. The maximum atomic E-state index is 13.1. The van der Waals surface area contributed by atoms with Crippen LogP contribution in [0.15, 0.2) is 52.4 Å². The fourth-order valence-corrected chi connectivity index (χ4v) is 3.88. The molecular formula is C20H18ClFN2O3S. The van der Waals surface area contributed by atoms with Crippen LogP contribution in [-0.2, 0) is 11.3 Å². The molecule has 1 aromatic heterocycles. The van der Waals surface area contributed by atoms with Gasteiger partial charge in [-0.05, 0) is 49.4 Å². The van der Waals surface area contributed by atoms with E-state index in [4.69, 9.17) is 16.3 Å². The van der Waals surface area contributed by atoms with Crippen LogP contribution in [0.25, 0.3) is 10.9 Å². The Bertz CT molecular complexity index is 1070. The van der Waals surface area contributed by atoms with E-state index >= 15 is 0 Å². The minimum atomic E-state index is -0.525. The normalized spacial score (nSPS) is 12.3. The quantitative estimate of drug-likeness (QED) is 0.325. The highest BCUT2D eigenvalue weighted by Crippen LogP contribution is 2.26. The predicted octanol–water partition coefficient (Wildman–Crippen LogP) is 4.20. The van der Waals surface area contributed by atoms with Gasteiger partial charge >= 0.3 is 0 Å². The second kappa shape index (κ2) is 8.86. The highest BCUT2D eigenvalue weighted by Gasteiger charge is 2.21. The summed E-state index contributed by atoms with van der Waals surface area (Å²) in [6, 6.07) is 10.3. The van der Waals surface area contributed by atoms with Crippen LogP contribution >= 0.6 is 23.4 Å². The van der Waals surface area contributed by atoms with Crippen LogP contribution in [0.2, 0.25) is 5.02 Å². The molecule has 0 amide bonds. The average molecular weight is 421 g/mol. The van der Waals surface area contributed by atoms with Gasteiger partial charge in [-0.25, -0.2) is 9.37 Å². The first kappa shape index (κ1) is 20.5. The summed E-state index contributed by atoms with van der Waals surface area (Å²) < 4.78 is 19.7. The first-order valence-corrected chi connectivity index (χ1v) is 9.82. The molecule has 28 heavy (non-hydrogen) atoms. The number of benzene rings is 2. The fourth-order valence-electron chi connectivity index (χ4n) is 2.70. The molecule has 0 aliphatic carbocycles. The van der Waals surface area contributed by atoms with Gasteiger partial charge in [0.1, 0.15) is 5.82 Å². The molecule has 0 aliphatic rings. The molecular weight excluding hydrogens is 403 g/mol. The van der Waals surface area contributed by atoms with Gasteiger partial charge in [-0.1, -0.05) is 23.4 Å². The van der Waals surface area contributed by atoms with E-state index in [2.05, 4.69) is 4.98 Å². The van der Waals surface area contributed by atoms with Crippen molar-refractivity contribution in [2.75, 3.05) is 13.7 Å². The van der Waals surface area contributed by atoms with Crippen LogP contribution in [0.3, 0.4) is 0 Å². The van der Waals surface area contributed by atoms with E-state index in [1.165, 1.54) is 40.6 Å². The molecule has 0 radical (unpaired) electrons. The van der Waals surface area contributed by atoms with Crippen LogP contribution in [0, 0.1) is 5.82 Å². The first-order chi connectivity index (χ1) is 13.4. The smallest absolute Gasteiger partial charge is 0.262 e. The van der Waals surface area contributed by atoms with Crippen molar-refractivity contribution < 1.29 is 13.9 Å². The van der Waals surface area contributed by atoms with Crippen molar-refractivity contribution in [3.05, 3.63) is 69.2 Å². The van der Waals surface area contributed by atoms with Gasteiger partial charge in [-0.15, -0.1) is 0 Å². The molecule has 0 spiro atoms. The lowest BCUT2D eigenvalue weighted by molar-refractivity contribution is 0.0993. The molecule has 0 saturated heterocycles. The molecule has 0 bridgehead atoms. The van der Waals surface area contributed by atoms with Crippen molar-refractivity contribution in [2.45, 2.75) is 23.9 Å². The third kappa shape index (κ3) is 4.43. The summed E-state index contributed by atoms with van der Waals surface area (Å²) in [5.41, 5.74) is 0.647. The zero-order valence-corrected chi connectivity index (χ0v) is 16.9. The molecule has 3 aromatic rings. The van der Waals surface area contributed by atoms with E-state index in [-0.39, 0.29) is 11.3 Å². The number of methoxy groups -OCH3 is 1. The lowest BCUT2D eigenvalue weighted by Gasteiger charge is -2.16. The monoisotopic (exact) mass is 420 g/mol. The SMILES string of the molecule is COCCn1c(SC(C)C(=O)c2ccc(F)cc2)nc2cc(Cl)ccc2c1=O. The summed E-state index contributed by atoms with van der Waals surface area (Å²) in [5, 5.41) is 0.797. The number of halogens is 2. The summed E-state index contributed by atoms with van der Waals surface area (Å²) in [6.45, 7) is 2.36. The number of thioether (sulfide) groups is 1. The summed E-state index contributed by atoms with van der Waals surface area (Å²) in [4.78, 5) is 30.1. The zero-order chi connectivity index (χ0) is 20.3. The molecule has 0 fully saturated rings. The molecule has 2 aromatic carbocycles. The van der Waals surface area contributed by atoms with Crippen molar-refractivity contribution in [3.63, 3.8) is 0 Å². The average Bonchev–Trinajstić information content (AvgIpc) is 2.67. The first-order valence-electron chi connectivity index (χ1n) is 8.56. The molecule has 0 aliphatic heterocycles. The summed E-state index contributed by atoms with van der Waals surface area (Å²) in [5.74, 6) is -0.581. The van der Waals surface area contributed by atoms with E-state index in [1.807, 2.05) is 0 Å². The molecule has 0 saturated carbocycles. The van der Waals surface area contributed by atoms with E-state index in [0.29, 0.717) is 39.8 Å². The van der Waals surface area contributed by atoms with Crippen molar-refractivity contribution in [1.29, 1.82) is 0 Å². The number of hydrogen-bond acceptors (Lipinski definition) is 5. The number of ketones is 1. The Morgan fingerprint density at radius 3 is 2.68 bits per heavy atom. The third-order valence-electron chi connectivity index (χ3n) is 4.18. The highest BCUT2D eigenvalue weighted by molar-refractivity contribution is 8.00. The molecule has 3 rings (SSSR count). The van der Waals surface area contributed by atoms with Crippen LogP contribution in [0.4, 0.5) is 4.39 Å². The predicted molar refractivity (Wildman–Crippen MR) is 109 cm³/mol. The van der Waals surface area contributed by atoms with Crippen LogP contribution in [0.1, 0.15) is 17.3 Å². The summed E-state index contributed by atoms with van der Waals surface area (Å²) >= 11 is 7.21. The highest BCUT2D eigenvalue weighted by atomic mass is 35.5. The number of hydrogen-bond donors (Lipinski definition) is 0. The molecule has 1 atom stereocenters. The van der Waals surface area contributed by atoms with Crippen molar-refractivity contribution in [2.24, 2.45) is 0 Å². The topological polar surface area (TPSA) is 61.2 Å². The largest absolute Gasteiger partial charge is 0.383 e. The molecule has 1 unspecified atom stereocenters. The number of nitrogens with zero attached hydrogens (tertiary/aromatic N) is 2. The van der Waals surface area contributed by atoms with Crippen LogP contribution < -0.4 is 5.56 Å². The Kier molecular flexibility index (Phi) is 6.49. The second-order valence-electron chi connectivity index (χ2n) is 6.14. The van der Waals surface area contributed by atoms with E-state index < -0.39 is 11.1 Å². The Balaban J connectivity index is 1.98. The number of carbonyl (C=O) groups excluding carboxylic acids is 1. The van der Waals surface area contributed by atoms with Crippen molar-refractivity contribution in [1.82, 2.24) is 9.55 Å². The zero-order valence-electron chi connectivity index (χ0n) is 15.3. The Labute approximate surface area is 170 Å². The maximum Gasteiger partial charge on any atom is 0.262 e. The van der Waals surface area contributed by atoms with Crippen molar-refractivity contribution >= 4 is 40.0 Å². The standard InChI is InChI=1S/C20H18ClFN2O3S/c1-12(18(25)13-3-6-15(22)7-4-13)28-20-23-17-11-14(21)5-8-16(17)19(26)24(20)9-10-27-2/h3-8,11-12H,9-10H2,1-2H3. The fraction of sp³-hybridized carbons (Fsp3) is 0.250. The van der Waals surface area contributed by atoms with Crippen LogP contribution in [-0.4, -0.2) is 34.3 Å². The van der Waals surface area contributed by atoms with Gasteiger partial charge in [0.05, 0.1) is 29.3 Å². The van der Waals surface area contributed by atoms with Gasteiger partial charge in [0.25, 0.3) is 5.56 Å². The van der Waals surface area contributed by atoms with Crippen LogP contribution in [0.5, 0.6) is 0 Å². The van der Waals surface area contributed by atoms with Gasteiger partial charge < -0.3 is 4.74 Å². The summed E-state index contributed by atoms with van der Waals surface area (Å²) in [6.07, 6.45) is 0. The van der Waals surface area contributed by atoms with Gasteiger partial charge in [-0.3, -0.25) is 14.2 Å². The Morgan fingerprint density at radius 1 is 1.29 bits per heavy atom.